The first kappa shape index (κ1) is 32.8. The molecule has 0 amide bonds. The summed E-state index contributed by atoms with van der Waals surface area (Å²) in [5.74, 6) is 0. The Bertz CT molecular complexity index is 627. The van der Waals surface area contributed by atoms with Crippen molar-refractivity contribution in [3.8, 4) is 0 Å². The SMILES string of the molecule is CC(C)=CCC[C@](C)(O)[C@@H](O)CC/C(C)=C/CC/C=C(\C)CC[C@H](O)[C@](C)(O)CCC=C(C)C. The van der Waals surface area contributed by atoms with Crippen LogP contribution in [-0.2, 0) is 0 Å². The summed E-state index contributed by atoms with van der Waals surface area (Å²) in [6.07, 6.45) is 14.3. The molecule has 0 aliphatic rings. The van der Waals surface area contributed by atoms with Crippen molar-refractivity contribution in [3.63, 3.8) is 0 Å². The minimum atomic E-state index is -1.06. The summed E-state index contributed by atoms with van der Waals surface area (Å²) in [7, 11) is 0. The van der Waals surface area contributed by atoms with E-state index >= 15 is 0 Å². The van der Waals surface area contributed by atoms with Crippen LogP contribution >= 0.6 is 0 Å². The van der Waals surface area contributed by atoms with Crippen LogP contribution in [0.3, 0.4) is 0 Å². The molecule has 4 N–H and O–H groups in total. The van der Waals surface area contributed by atoms with E-state index < -0.39 is 23.4 Å². The summed E-state index contributed by atoms with van der Waals surface area (Å²) in [5, 5.41) is 41.9. The second kappa shape index (κ2) is 16.5. The van der Waals surface area contributed by atoms with Crippen LogP contribution in [0.2, 0.25) is 0 Å². The van der Waals surface area contributed by atoms with Gasteiger partial charge in [-0.15, -0.1) is 0 Å². The Hall–Kier alpha value is -1.20. The van der Waals surface area contributed by atoms with E-state index in [-0.39, 0.29) is 0 Å². The zero-order valence-corrected chi connectivity index (χ0v) is 23.3. The molecular weight excluding hydrogens is 424 g/mol. The Balaban J connectivity index is 4.36. The lowest BCUT2D eigenvalue weighted by Gasteiger charge is -2.29. The van der Waals surface area contributed by atoms with Crippen LogP contribution in [0.25, 0.3) is 0 Å². The molecule has 0 heterocycles. The smallest absolute Gasteiger partial charge is 0.0880 e. The lowest BCUT2D eigenvalue weighted by molar-refractivity contribution is -0.0692. The van der Waals surface area contributed by atoms with Gasteiger partial charge in [0.25, 0.3) is 0 Å². The molecule has 0 aliphatic carbocycles. The average molecular weight is 479 g/mol. The van der Waals surface area contributed by atoms with Gasteiger partial charge >= 0.3 is 0 Å². The van der Waals surface area contributed by atoms with Crippen LogP contribution in [0.4, 0.5) is 0 Å². The lowest BCUT2D eigenvalue weighted by atomic mass is 9.89. The van der Waals surface area contributed by atoms with Crippen LogP contribution in [0, 0.1) is 0 Å². The summed E-state index contributed by atoms with van der Waals surface area (Å²) in [6, 6.07) is 0. The zero-order chi connectivity index (χ0) is 26.4. The van der Waals surface area contributed by atoms with E-state index in [0.717, 1.165) is 38.5 Å². The fraction of sp³-hybridized carbons (Fsp3) is 0.733. The fourth-order valence-corrected chi connectivity index (χ4v) is 3.85. The van der Waals surface area contributed by atoms with Gasteiger partial charge in [0.1, 0.15) is 0 Å². The summed E-state index contributed by atoms with van der Waals surface area (Å²) < 4.78 is 0. The van der Waals surface area contributed by atoms with E-state index in [0.29, 0.717) is 25.7 Å². The van der Waals surface area contributed by atoms with Crippen molar-refractivity contribution in [2.75, 3.05) is 0 Å². The molecule has 4 atom stereocenters. The number of allylic oxidation sites excluding steroid dienone is 8. The Morgan fingerprint density at radius 1 is 0.588 bits per heavy atom. The van der Waals surface area contributed by atoms with Crippen LogP contribution in [-0.4, -0.2) is 43.8 Å². The van der Waals surface area contributed by atoms with Gasteiger partial charge in [-0.05, 0) is 120 Å². The lowest BCUT2D eigenvalue weighted by Crippen LogP contribution is -2.39. The summed E-state index contributed by atoms with van der Waals surface area (Å²) in [5.41, 5.74) is 2.79. The molecule has 4 heteroatoms. The summed E-state index contributed by atoms with van der Waals surface area (Å²) in [6.45, 7) is 15.8. The predicted molar refractivity (Wildman–Crippen MR) is 146 cm³/mol. The van der Waals surface area contributed by atoms with Gasteiger partial charge in [0.15, 0.2) is 0 Å². The number of hydrogen-bond donors (Lipinski definition) is 4. The molecule has 0 radical (unpaired) electrons. The number of unbranched alkanes of at least 4 members (excludes halogenated alkanes) is 1. The van der Waals surface area contributed by atoms with Crippen molar-refractivity contribution in [2.45, 2.75) is 143 Å². The quantitative estimate of drug-likeness (QED) is 0.135. The van der Waals surface area contributed by atoms with Gasteiger partial charge in [-0.2, -0.15) is 0 Å². The maximum absolute atomic E-state index is 10.5. The van der Waals surface area contributed by atoms with Crippen LogP contribution in [0.1, 0.15) is 120 Å². The third-order valence-electron chi connectivity index (χ3n) is 6.62. The Morgan fingerprint density at radius 2 is 0.912 bits per heavy atom. The highest BCUT2D eigenvalue weighted by atomic mass is 16.3. The third kappa shape index (κ3) is 15.7. The number of rotatable bonds is 17. The highest BCUT2D eigenvalue weighted by Crippen LogP contribution is 2.24. The molecule has 0 fully saturated rings. The largest absolute Gasteiger partial charge is 0.390 e. The zero-order valence-electron chi connectivity index (χ0n) is 23.3. The number of aliphatic hydroxyl groups excluding tert-OH is 2. The molecular formula is C30H54O4. The molecule has 0 unspecified atom stereocenters. The molecule has 0 aromatic heterocycles. The van der Waals surface area contributed by atoms with Crippen LogP contribution in [0.15, 0.2) is 46.6 Å². The van der Waals surface area contributed by atoms with Crippen molar-refractivity contribution in [1.29, 1.82) is 0 Å². The van der Waals surface area contributed by atoms with Gasteiger partial charge < -0.3 is 20.4 Å². The van der Waals surface area contributed by atoms with E-state index in [9.17, 15) is 20.4 Å². The van der Waals surface area contributed by atoms with Crippen molar-refractivity contribution >= 4 is 0 Å². The number of hydrogen-bond acceptors (Lipinski definition) is 4. The number of aliphatic hydroxyl groups is 4. The normalized spacial score (nSPS) is 18.0. The first-order valence-electron chi connectivity index (χ1n) is 13.1. The van der Waals surface area contributed by atoms with E-state index in [1.165, 1.54) is 22.3 Å². The highest BCUT2D eigenvalue weighted by Gasteiger charge is 2.29. The van der Waals surface area contributed by atoms with E-state index in [1.807, 2.05) is 27.7 Å². The van der Waals surface area contributed by atoms with Crippen LogP contribution < -0.4 is 0 Å². The molecule has 0 aromatic carbocycles. The molecule has 0 aliphatic heterocycles. The van der Waals surface area contributed by atoms with Crippen LogP contribution in [0.5, 0.6) is 0 Å². The van der Waals surface area contributed by atoms with Gasteiger partial charge in [-0.1, -0.05) is 46.6 Å². The first-order chi connectivity index (χ1) is 15.7. The van der Waals surface area contributed by atoms with E-state index in [2.05, 4.69) is 38.2 Å². The van der Waals surface area contributed by atoms with Gasteiger partial charge in [-0.25, -0.2) is 0 Å². The fourth-order valence-electron chi connectivity index (χ4n) is 3.85. The molecule has 198 valence electrons. The Labute approximate surface area is 210 Å². The summed E-state index contributed by atoms with van der Waals surface area (Å²) in [4.78, 5) is 0. The summed E-state index contributed by atoms with van der Waals surface area (Å²) >= 11 is 0. The molecule has 0 rings (SSSR count). The predicted octanol–water partition coefficient (Wildman–Crippen LogP) is 6.94. The Morgan fingerprint density at radius 3 is 1.21 bits per heavy atom. The van der Waals surface area contributed by atoms with Crippen molar-refractivity contribution in [3.05, 3.63) is 46.6 Å². The van der Waals surface area contributed by atoms with Crippen molar-refractivity contribution in [2.24, 2.45) is 0 Å². The third-order valence-corrected chi connectivity index (χ3v) is 6.62. The van der Waals surface area contributed by atoms with E-state index in [4.69, 9.17) is 0 Å². The highest BCUT2D eigenvalue weighted by molar-refractivity contribution is 5.04. The maximum Gasteiger partial charge on any atom is 0.0880 e. The minimum absolute atomic E-state index is 0.560. The molecule has 0 spiro atoms. The molecule has 34 heavy (non-hydrogen) atoms. The van der Waals surface area contributed by atoms with Gasteiger partial charge in [0, 0.05) is 0 Å². The van der Waals surface area contributed by atoms with Crippen molar-refractivity contribution < 1.29 is 20.4 Å². The molecule has 0 saturated heterocycles. The van der Waals surface area contributed by atoms with Gasteiger partial charge in [0.05, 0.1) is 23.4 Å². The minimum Gasteiger partial charge on any atom is -0.390 e. The van der Waals surface area contributed by atoms with Crippen molar-refractivity contribution in [1.82, 2.24) is 0 Å². The maximum atomic E-state index is 10.5. The molecule has 0 bridgehead atoms. The second-order valence-electron chi connectivity index (χ2n) is 11.1. The van der Waals surface area contributed by atoms with Gasteiger partial charge in [0.2, 0.25) is 0 Å². The molecule has 0 saturated carbocycles. The second-order valence-corrected chi connectivity index (χ2v) is 11.1. The average Bonchev–Trinajstić information content (AvgIpc) is 2.72. The monoisotopic (exact) mass is 478 g/mol. The standard InChI is InChI=1S/C30H54O4/c1-23(2)13-11-21-29(7,33)27(31)19-17-25(5)15-9-10-16-26(6)18-20-28(32)30(8,34)22-12-14-24(3)4/h13-16,27-28,31-34H,9-12,17-22H2,1-8H3/b25-15+,26-16+/t27-,28-,29-,30+/m0/s1. The topological polar surface area (TPSA) is 80.9 Å². The Kier molecular flexibility index (Phi) is 15.9. The van der Waals surface area contributed by atoms with E-state index in [1.54, 1.807) is 13.8 Å². The molecule has 0 aromatic rings. The van der Waals surface area contributed by atoms with Gasteiger partial charge in [-0.3, -0.25) is 0 Å². The first-order valence-corrected chi connectivity index (χ1v) is 13.1. The molecule has 4 nitrogen and oxygen atoms in total.